The number of aryl methyl sites for hydroxylation is 1. The van der Waals surface area contributed by atoms with Gasteiger partial charge in [0.05, 0.1) is 11.5 Å². The molecule has 0 spiro atoms. The van der Waals surface area contributed by atoms with Crippen LogP contribution in [0.15, 0.2) is 59.5 Å². The van der Waals surface area contributed by atoms with Crippen molar-refractivity contribution >= 4 is 10.1 Å². The summed E-state index contributed by atoms with van der Waals surface area (Å²) in [4.78, 5) is 0.142. The van der Waals surface area contributed by atoms with Gasteiger partial charge in [-0.25, -0.2) is 0 Å². The van der Waals surface area contributed by atoms with E-state index in [4.69, 9.17) is 13.7 Å². The van der Waals surface area contributed by atoms with E-state index >= 15 is 0 Å². The van der Waals surface area contributed by atoms with Gasteiger partial charge in [-0.3, -0.25) is 4.18 Å². The molecule has 0 saturated carbocycles. The van der Waals surface area contributed by atoms with Gasteiger partial charge in [0.15, 0.2) is 6.29 Å². The molecule has 0 radical (unpaired) electrons. The Morgan fingerprint density at radius 2 is 1.81 bits per heavy atom. The normalized spacial score (nSPS) is 19.2. The molecule has 2 aromatic rings. The van der Waals surface area contributed by atoms with Gasteiger partial charge in [-0.1, -0.05) is 48.0 Å². The molecule has 3 rings (SSSR count). The van der Waals surface area contributed by atoms with Crippen molar-refractivity contribution in [2.75, 3.05) is 13.2 Å². The Bertz CT molecular complexity index is 781. The van der Waals surface area contributed by atoms with Crippen LogP contribution >= 0.6 is 0 Å². The minimum absolute atomic E-state index is 0.0971. The minimum atomic E-state index is -3.84. The molecule has 0 aliphatic carbocycles. The largest absolute Gasteiger partial charge is 0.353 e. The maximum Gasteiger partial charge on any atom is 0.297 e. The predicted octanol–water partition coefficient (Wildman–Crippen LogP) is 3.98. The average molecular weight is 376 g/mol. The number of hydrogen-bond acceptors (Lipinski definition) is 5. The van der Waals surface area contributed by atoms with Crippen molar-refractivity contribution in [3.8, 4) is 0 Å². The predicted molar refractivity (Wildman–Crippen MR) is 98.2 cm³/mol. The first kappa shape index (κ1) is 19.0. The van der Waals surface area contributed by atoms with E-state index in [1.165, 1.54) is 0 Å². The van der Waals surface area contributed by atoms with Gasteiger partial charge < -0.3 is 9.47 Å². The summed E-state index contributed by atoms with van der Waals surface area (Å²) in [7, 11) is -3.84. The van der Waals surface area contributed by atoms with Crippen LogP contribution in [-0.4, -0.2) is 27.9 Å². The summed E-state index contributed by atoms with van der Waals surface area (Å²) in [6.07, 6.45) is 2.01. The zero-order chi connectivity index (χ0) is 18.4. The topological polar surface area (TPSA) is 61.8 Å². The molecular formula is C20H24O5S. The van der Waals surface area contributed by atoms with Gasteiger partial charge in [0.25, 0.3) is 10.1 Å². The summed E-state index contributed by atoms with van der Waals surface area (Å²) >= 11 is 0. The molecule has 0 amide bonds. The van der Waals surface area contributed by atoms with Crippen molar-refractivity contribution in [1.29, 1.82) is 0 Å². The first-order chi connectivity index (χ1) is 12.5. The molecule has 6 heteroatoms. The van der Waals surface area contributed by atoms with Crippen LogP contribution in [0.3, 0.4) is 0 Å². The lowest BCUT2D eigenvalue weighted by Crippen LogP contribution is -2.27. The molecule has 1 aliphatic rings. The molecule has 1 saturated heterocycles. The van der Waals surface area contributed by atoms with Crippen molar-refractivity contribution in [3.05, 3.63) is 65.7 Å². The van der Waals surface area contributed by atoms with Gasteiger partial charge in [-0.05, 0) is 43.9 Å². The molecule has 1 heterocycles. The summed E-state index contributed by atoms with van der Waals surface area (Å²) in [6.45, 7) is 2.47. The van der Waals surface area contributed by atoms with Crippen molar-refractivity contribution in [3.63, 3.8) is 0 Å². The third-order valence-corrected chi connectivity index (χ3v) is 5.61. The Labute approximate surface area is 155 Å². The highest BCUT2D eigenvalue weighted by atomic mass is 32.2. The van der Waals surface area contributed by atoms with Gasteiger partial charge in [-0.15, -0.1) is 0 Å². The lowest BCUT2D eigenvalue weighted by Gasteiger charge is -2.27. The Morgan fingerprint density at radius 1 is 1.08 bits per heavy atom. The van der Waals surface area contributed by atoms with Crippen LogP contribution in [0, 0.1) is 6.92 Å². The molecule has 2 aromatic carbocycles. The van der Waals surface area contributed by atoms with Crippen LogP contribution in [-0.2, 0) is 23.8 Å². The van der Waals surface area contributed by atoms with E-state index < -0.39 is 16.2 Å². The van der Waals surface area contributed by atoms with Crippen molar-refractivity contribution in [2.45, 2.75) is 43.5 Å². The van der Waals surface area contributed by atoms with E-state index in [1.54, 1.807) is 24.3 Å². The van der Waals surface area contributed by atoms with Gasteiger partial charge in [0.1, 0.15) is 6.10 Å². The molecular weight excluding hydrogens is 352 g/mol. The summed E-state index contributed by atoms with van der Waals surface area (Å²) in [6, 6.07) is 16.1. The van der Waals surface area contributed by atoms with Gasteiger partial charge in [-0.2, -0.15) is 8.42 Å². The highest BCUT2D eigenvalue weighted by Gasteiger charge is 2.24. The van der Waals surface area contributed by atoms with E-state index in [2.05, 4.69) is 0 Å². The fourth-order valence-electron chi connectivity index (χ4n) is 2.81. The van der Waals surface area contributed by atoms with Crippen LogP contribution in [0.4, 0.5) is 0 Å². The lowest BCUT2D eigenvalue weighted by atomic mass is 10.1. The number of benzene rings is 2. The van der Waals surface area contributed by atoms with Crippen LogP contribution < -0.4 is 0 Å². The maximum absolute atomic E-state index is 12.5. The Morgan fingerprint density at radius 3 is 2.46 bits per heavy atom. The number of ether oxygens (including phenoxy) is 2. The SMILES string of the molecule is Cc1ccc(S(=O)(=O)OC[C@@H](O[C@H]2CCCCO2)c2ccccc2)cc1. The Hall–Kier alpha value is -1.73. The lowest BCUT2D eigenvalue weighted by molar-refractivity contribution is -0.195. The zero-order valence-electron chi connectivity index (χ0n) is 14.8. The van der Waals surface area contributed by atoms with E-state index in [0.717, 1.165) is 30.4 Å². The highest BCUT2D eigenvalue weighted by molar-refractivity contribution is 7.86. The molecule has 2 atom stereocenters. The summed E-state index contributed by atoms with van der Waals surface area (Å²) < 4.78 is 41.9. The third kappa shape index (κ3) is 5.14. The number of rotatable bonds is 7. The van der Waals surface area contributed by atoms with Crippen LogP contribution in [0.25, 0.3) is 0 Å². The quantitative estimate of drug-likeness (QED) is 0.684. The first-order valence-electron chi connectivity index (χ1n) is 8.83. The van der Waals surface area contributed by atoms with Crippen LogP contribution in [0.1, 0.15) is 36.5 Å². The van der Waals surface area contributed by atoms with E-state index in [-0.39, 0.29) is 17.8 Å². The van der Waals surface area contributed by atoms with E-state index in [9.17, 15) is 8.42 Å². The zero-order valence-corrected chi connectivity index (χ0v) is 15.7. The fourth-order valence-corrected chi connectivity index (χ4v) is 3.72. The van der Waals surface area contributed by atoms with Gasteiger partial charge in [0.2, 0.25) is 0 Å². The average Bonchev–Trinajstić information content (AvgIpc) is 2.67. The monoisotopic (exact) mass is 376 g/mol. The first-order valence-corrected chi connectivity index (χ1v) is 10.2. The van der Waals surface area contributed by atoms with E-state index in [0.29, 0.717) is 6.61 Å². The Balaban J connectivity index is 1.71. The summed E-state index contributed by atoms with van der Waals surface area (Å²) in [5.74, 6) is 0. The van der Waals surface area contributed by atoms with Crippen LogP contribution in [0.2, 0.25) is 0 Å². The third-order valence-electron chi connectivity index (χ3n) is 4.31. The summed E-state index contributed by atoms with van der Waals surface area (Å²) in [5, 5.41) is 0. The fraction of sp³-hybridized carbons (Fsp3) is 0.400. The molecule has 0 bridgehead atoms. The summed E-state index contributed by atoms with van der Waals surface area (Å²) in [5.41, 5.74) is 1.85. The Kier molecular flexibility index (Phi) is 6.43. The molecule has 0 aromatic heterocycles. The second kappa shape index (κ2) is 8.77. The van der Waals surface area contributed by atoms with Crippen molar-refractivity contribution in [1.82, 2.24) is 0 Å². The van der Waals surface area contributed by atoms with Gasteiger partial charge >= 0.3 is 0 Å². The standard InChI is InChI=1S/C20H24O5S/c1-16-10-12-18(13-11-16)26(21,22)24-15-19(17-7-3-2-4-8-17)25-20-9-5-6-14-23-20/h2-4,7-8,10-13,19-20H,5-6,9,14-15H2,1H3/t19-,20+/m1/s1. The second-order valence-electron chi connectivity index (χ2n) is 6.38. The van der Waals surface area contributed by atoms with Crippen LogP contribution in [0.5, 0.6) is 0 Å². The maximum atomic E-state index is 12.5. The molecule has 0 N–H and O–H groups in total. The van der Waals surface area contributed by atoms with Crippen molar-refractivity contribution in [2.24, 2.45) is 0 Å². The minimum Gasteiger partial charge on any atom is -0.353 e. The molecule has 140 valence electrons. The molecule has 26 heavy (non-hydrogen) atoms. The van der Waals surface area contributed by atoms with E-state index in [1.807, 2.05) is 37.3 Å². The smallest absolute Gasteiger partial charge is 0.297 e. The molecule has 5 nitrogen and oxygen atoms in total. The highest BCUT2D eigenvalue weighted by Crippen LogP contribution is 2.26. The van der Waals surface area contributed by atoms with Crippen molar-refractivity contribution < 1.29 is 22.1 Å². The second-order valence-corrected chi connectivity index (χ2v) is 8.00. The molecule has 1 aliphatic heterocycles. The molecule has 1 fully saturated rings. The molecule has 0 unspecified atom stereocenters. The number of hydrogen-bond donors (Lipinski definition) is 0. The van der Waals surface area contributed by atoms with Gasteiger partial charge in [0, 0.05) is 6.61 Å².